The van der Waals surface area contributed by atoms with Gasteiger partial charge in [-0.05, 0) is 25.5 Å². The first-order valence-electron chi connectivity index (χ1n) is 5.90. The lowest BCUT2D eigenvalue weighted by Gasteiger charge is -2.10. The molecule has 0 aliphatic rings. The van der Waals surface area contributed by atoms with E-state index in [0.29, 0.717) is 24.8 Å². The highest BCUT2D eigenvalue weighted by atomic mass is 16.5. The van der Waals surface area contributed by atoms with Crippen LogP contribution in [0.2, 0.25) is 0 Å². The number of hydrogen-bond acceptors (Lipinski definition) is 5. The summed E-state index contributed by atoms with van der Waals surface area (Å²) < 4.78 is 4.94. The molecule has 0 saturated carbocycles. The summed E-state index contributed by atoms with van der Waals surface area (Å²) in [5.41, 5.74) is 0.180. The Kier molecular flexibility index (Phi) is 5.93. The summed E-state index contributed by atoms with van der Waals surface area (Å²) >= 11 is 0. The van der Waals surface area contributed by atoms with Gasteiger partial charge in [0.25, 0.3) is 0 Å². The molecule has 0 fully saturated rings. The van der Waals surface area contributed by atoms with Crippen LogP contribution in [0, 0.1) is 0 Å². The number of anilines is 2. The Labute approximate surface area is 106 Å². The second-order valence-electron chi connectivity index (χ2n) is 3.70. The van der Waals surface area contributed by atoms with E-state index in [1.807, 2.05) is 6.92 Å². The molecule has 1 heterocycles. The monoisotopic (exact) mass is 253 g/mol. The zero-order valence-corrected chi connectivity index (χ0v) is 10.7. The standard InChI is InChI=1S/C12H19N3O3/c1-3-13-11-9(12(16)17)5-6-10(15-11)14-7-4-8-18-2/h5-6H,3-4,7-8H2,1-2H3,(H,16,17)(H2,13,14,15). The smallest absolute Gasteiger partial charge is 0.339 e. The SMILES string of the molecule is CCNc1nc(NCCCOC)ccc1C(=O)O. The van der Waals surface area contributed by atoms with E-state index in [-0.39, 0.29) is 5.56 Å². The maximum atomic E-state index is 11.0. The number of carboxylic acids is 1. The quantitative estimate of drug-likeness (QED) is 0.611. The minimum Gasteiger partial charge on any atom is -0.478 e. The van der Waals surface area contributed by atoms with Crippen LogP contribution in [-0.4, -0.2) is 42.9 Å². The Balaban J connectivity index is 2.70. The summed E-state index contributed by atoms with van der Waals surface area (Å²) in [6.45, 7) is 3.94. The number of aromatic carboxylic acids is 1. The number of rotatable bonds is 8. The molecular weight excluding hydrogens is 234 g/mol. The summed E-state index contributed by atoms with van der Waals surface area (Å²) in [5.74, 6) is 0.0678. The first-order valence-corrected chi connectivity index (χ1v) is 5.90. The Bertz CT molecular complexity index is 396. The molecule has 3 N–H and O–H groups in total. The second-order valence-corrected chi connectivity index (χ2v) is 3.70. The highest BCUT2D eigenvalue weighted by Gasteiger charge is 2.11. The lowest BCUT2D eigenvalue weighted by molar-refractivity contribution is 0.0697. The van der Waals surface area contributed by atoms with Crippen LogP contribution >= 0.6 is 0 Å². The van der Waals surface area contributed by atoms with Crippen LogP contribution in [0.3, 0.4) is 0 Å². The van der Waals surface area contributed by atoms with E-state index in [0.717, 1.165) is 13.0 Å². The van der Waals surface area contributed by atoms with E-state index in [2.05, 4.69) is 15.6 Å². The number of hydrogen-bond donors (Lipinski definition) is 3. The summed E-state index contributed by atoms with van der Waals surface area (Å²) in [6.07, 6.45) is 0.870. The maximum absolute atomic E-state index is 11.0. The molecule has 0 unspecified atom stereocenters. The van der Waals surface area contributed by atoms with E-state index < -0.39 is 5.97 Å². The summed E-state index contributed by atoms with van der Waals surface area (Å²) in [5, 5.41) is 15.1. The number of pyridine rings is 1. The van der Waals surface area contributed by atoms with Gasteiger partial charge in [0.05, 0.1) is 0 Å². The van der Waals surface area contributed by atoms with Crippen molar-refractivity contribution in [1.29, 1.82) is 0 Å². The lowest BCUT2D eigenvalue weighted by Crippen LogP contribution is -2.11. The summed E-state index contributed by atoms with van der Waals surface area (Å²) in [6, 6.07) is 3.21. The van der Waals surface area contributed by atoms with E-state index in [1.54, 1.807) is 19.2 Å². The summed E-state index contributed by atoms with van der Waals surface area (Å²) in [7, 11) is 1.66. The molecule has 0 aliphatic heterocycles. The molecule has 6 nitrogen and oxygen atoms in total. The molecule has 100 valence electrons. The van der Waals surface area contributed by atoms with Gasteiger partial charge in [-0.2, -0.15) is 0 Å². The maximum Gasteiger partial charge on any atom is 0.339 e. The van der Waals surface area contributed by atoms with Crippen molar-refractivity contribution in [2.45, 2.75) is 13.3 Å². The van der Waals surface area contributed by atoms with Gasteiger partial charge in [0.2, 0.25) is 0 Å². The number of aromatic nitrogens is 1. The Morgan fingerprint density at radius 2 is 2.22 bits per heavy atom. The van der Waals surface area contributed by atoms with Gasteiger partial charge < -0.3 is 20.5 Å². The largest absolute Gasteiger partial charge is 0.478 e. The minimum atomic E-state index is -0.982. The number of carbonyl (C=O) groups is 1. The van der Waals surface area contributed by atoms with Gasteiger partial charge in [0.15, 0.2) is 0 Å². The molecule has 0 spiro atoms. The van der Waals surface area contributed by atoms with Gasteiger partial charge in [-0.25, -0.2) is 9.78 Å². The molecule has 1 aromatic heterocycles. The van der Waals surface area contributed by atoms with Crippen molar-refractivity contribution in [2.75, 3.05) is 37.4 Å². The molecule has 0 aromatic carbocycles. The van der Waals surface area contributed by atoms with E-state index in [9.17, 15) is 4.79 Å². The highest BCUT2D eigenvalue weighted by molar-refractivity contribution is 5.93. The van der Waals surface area contributed by atoms with Crippen LogP contribution in [0.1, 0.15) is 23.7 Å². The first kappa shape index (κ1) is 14.2. The second kappa shape index (κ2) is 7.50. The van der Waals surface area contributed by atoms with Crippen LogP contribution in [-0.2, 0) is 4.74 Å². The molecule has 1 rings (SSSR count). The van der Waals surface area contributed by atoms with Crippen molar-refractivity contribution < 1.29 is 14.6 Å². The fourth-order valence-electron chi connectivity index (χ4n) is 1.47. The fraction of sp³-hybridized carbons (Fsp3) is 0.500. The van der Waals surface area contributed by atoms with Crippen LogP contribution < -0.4 is 10.6 Å². The third-order valence-electron chi connectivity index (χ3n) is 2.30. The third kappa shape index (κ3) is 4.21. The van der Waals surface area contributed by atoms with Gasteiger partial charge in [0, 0.05) is 26.8 Å². The molecule has 1 aromatic rings. The van der Waals surface area contributed by atoms with Gasteiger partial charge in [-0.15, -0.1) is 0 Å². The molecule has 6 heteroatoms. The lowest BCUT2D eigenvalue weighted by atomic mass is 10.2. The molecule has 0 aliphatic carbocycles. The molecule has 0 saturated heterocycles. The van der Waals surface area contributed by atoms with Gasteiger partial charge >= 0.3 is 5.97 Å². The van der Waals surface area contributed by atoms with Gasteiger partial charge in [0.1, 0.15) is 17.2 Å². The molecule has 0 amide bonds. The number of carboxylic acid groups (broad SMARTS) is 1. The number of methoxy groups -OCH3 is 1. The van der Waals surface area contributed by atoms with Crippen LogP contribution in [0.25, 0.3) is 0 Å². The number of ether oxygens (including phenoxy) is 1. The fourth-order valence-corrected chi connectivity index (χ4v) is 1.47. The van der Waals surface area contributed by atoms with E-state index >= 15 is 0 Å². The zero-order valence-electron chi connectivity index (χ0n) is 10.7. The molecule has 0 atom stereocenters. The average Bonchev–Trinajstić information content (AvgIpc) is 2.35. The zero-order chi connectivity index (χ0) is 13.4. The molecule has 0 radical (unpaired) electrons. The van der Waals surface area contributed by atoms with Crippen molar-refractivity contribution >= 4 is 17.6 Å². The Morgan fingerprint density at radius 3 is 2.83 bits per heavy atom. The van der Waals surface area contributed by atoms with Crippen molar-refractivity contribution in [3.05, 3.63) is 17.7 Å². The number of nitrogens with one attached hydrogen (secondary N) is 2. The van der Waals surface area contributed by atoms with Crippen molar-refractivity contribution in [2.24, 2.45) is 0 Å². The van der Waals surface area contributed by atoms with Crippen molar-refractivity contribution in [3.8, 4) is 0 Å². The van der Waals surface area contributed by atoms with E-state index in [1.165, 1.54) is 0 Å². The predicted octanol–water partition coefficient (Wildman–Crippen LogP) is 1.66. The van der Waals surface area contributed by atoms with E-state index in [4.69, 9.17) is 9.84 Å². The normalized spacial score (nSPS) is 10.1. The van der Waals surface area contributed by atoms with Crippen LogP contribution in [0.4, 0.5) is 11.6 Å². The van der Waals surface area contributed by atoms with Gasteiger partial charge in [-0.1, -0.05) is 0 Å². The molecule has 0 bridgehead atoms. The highest BCUT2D eigenvalue weighted by Crippen LogP contribution is 2.16. The average molecular weight is 253 g/mol. The Morgan fingerprint density at radius 1 is 1.44 bits per heavy atom. The van der Waals surface area contributed by atoms with Gasteiger partial charge in [-0.3, -0.25) is 0 Å². The number of nitrogens with zero attached hydrogens (tertiary/aromatic N) is 1. The molecular formula is C12H19N3O3. The van der Waals surface area contributed by atoms with Crippen LogP contribution in [0.15, 0.2) is 12.1 Å². The van der Waals surface area contributed by atoms with Crippen molar-refractivity contribution in [1.82, 2.24) is 4.98 Å². The van der Waals surface area contributed by atoms with Crippen LogP contribution in [0.5, 0.6) is 0 Å². The predicted molar refractivity (Wildman–Crippen MR) is 70.3 cm³/mol. The first-order chi connectivity index (χ1) is 8.69. The van der Waals surface area contributed by atoms with Crippen molar-refractivity contribution in [3.63, 3.8) is 0 Å². The minimum absolute atomic E-state index is 0.180. The molecule has 18 heavy (non-hydrogen) atoms. The third-order valence-corrected chi connectivity index (χ3v) is 2.30. The topological polar surface area (TPSA) is 83.5 Å². The summed E-state index contributed by atoms with van der Waals surface area (Å²) in [4.78, 5) is 15.2. The Hall–Kier alpha value is -1.82.